The third-order valence-electron chi connectivity index (χ3n) is 4.83. The molecule has 1 aromatic carbocycles. The van der Waals surface area contributed by atoms with Gasteiger partial charge in [0.25, 0.3) is 0 Å². The molecule has 1 aliphatic carbocycles. The van der Waals surface area contributed by atoms with Crippen molar-refractivity contribution in [2.75, 3.05) is 38.0 Å². The highest BCUT2D eigenvalue weighted by molar-refractivity contribution is 6.42. The van der Waals surface area contributed by atoms with Crippen molar-refractivity contribution >= 4 is 40.7 Å². The molecule has 142 valence electrons. The van der Waals surface area contributed by atoms with Crippen LogP contribution in [0.4, 0.5) is 5.69 Å². The summed E-state index contributed by atoms with van der Waals surface area (Å²) >= 11 is 11.9. The van der Waals surface area contributed by atoms with Crippen LogP contribution in [0.15, 0.2) is 18.2 Å². The summed E-state index contributed by atoms with van der Waals surface area (Å²) in [6.45, 7) is 5.40. The fraction of sp³-hybridized carbons (Fsp3) is 0.556. The molecule has 2 fully saturated rings. The first-order valence-electron chi connectivity index (χ1n) is 8.94. The molecule has 1 atom stereocenters. The number of anilines is 1. The number of amides is 2. The Kier molecular flexibility index (Phi) is 6.40. The Labute approximate surface area is 163 Å². The standard InChI is InChI=1S/C18H24Cl2N4O2/c1-12(18(26)22-14-4-5-15(19)16(20)10-14)24-8-6-23(7-9-24)11-17(25)21-13-2-3-13/h4-5,10,12-13H,2-3,6-9,11H2,1H3,(H,21,25)(H,22,26). The number of carbonyl (C=O) groups excluding carboxylic acids is 2. The molecule has 2 aliphatic rings. The van der Waals surface area contributed by atoms with Gasteiger partial charge in [-0.3, -0.25) is 19.4 Å². The molecular weight excluding hydrogens is 375 g/mol. The highest BCUT2D eigenvalue weighted by atomic mass is 35.5. The summed E-state index contributed by atoms with van der Waals surface area (Å²) in [6.07, 6.45) is 2.20. The number of halogens is 2. The highest BCUT2D eigenvalue weighted by Gasteiger charge is 2.28. The maximum atomic E-state index is 12.5. The average Bonchev–Trinajstić information content (AvgIpc) is 3.42. The Morgan fingerprint density at radius 2 is 1.85 bits per heavy atom. The Morgan fingerprint density at radius 1 is 1.15 bits per heavy atom. The van der Waals surface area contributed by atoms with Gasteiger partial charge in [-0.2, -0.15) is 0 Å². The summed E-state index contributed by atoms with van der Waals surface area (Å²) in [5, 5.41) is 6.76. The fourth-order valence-corrected chi connectivity index (χ4v) is 3.30. The van der Waals surface area contributed by atoms with Crippen molar-refractivity contribution < 1.29 is 9.59 Å². The Hall–Kier alpha value is -1.34. The predicted molar refractivity (Wildman–Crippen MR) is 104 cm³/mol. The minimum absolute atomic E-state index is 0.0803. The number of hydrogen-bond acceptors (Lipinski definition) is 4. The van der Waals surface area contributed by atoms with Crippen LogP contribution in [0.1, 0.15) is 19.8 Å². The maximum Gasteiger partial charge on any atom is 0.241 e. The van der Waals surface area contributed by atoms with Gasteiger partial charge >= 0.3 is 0 Å². The molecule has 1 aromatic rings. The summed E-state index contributed by atoms with van der Waals surface area (Å²) < 4.78 is 0. The third-order valence-corrected chi connectivity index (χ3v) is 5.57. The van der Waals surface area contributed by atoms with E-state index in [2.05, 4.69) is 20.4 Å². The van der Waals surface area contributed by atoms with Gasteiger partial charge in [-0.1, -0.05) is 23.2 Å². The highest BCUT2D eigenvalue weighted by Crippen LogP contribution is 2.25. The number of hydrogen-bond donors (Lipinski definition) is 2. The molecule has 0 bridgehead atoms. The van der Waals surface area contributed by atoms with Crippen LogP contribution in [0.2, 0.25) is 10.0 Å². The van der Waals surface area contributed by atoms with Gasteiger partial charge in [-0.15, -0.1) is 0 Å². The van der Waals surface area contributed by atoms with Gasteiger partial charge in [0.05, 0.1) is 22.6 Å². The normalized spacial score (nSPS) is 19.8. The average molecular weight is 399 g/mol. The third kappa shape index (κ3) is 5.33. The van der Waals surface area contributed by atoms with Crippen LogP contribution in [0.25, 0.3) is 0 Å². The van der Waals surface area contributed by atoms with Gasteiger partial charge in [0, 0.05) is 37.9 Å². The molecule has 1 aliphatic heterocycles. The van der Waals surface area contributed by atoms with Crippen LogP contribution in [0, 0.1) is 0 Å². The molecule has 1 unspecified atom stereocenters. The van der Waals surface area contributed by atoms with Crippen LogP contribution >= 0.6 is 23.2 Å². The van der Waals surface area contributed by atoms with Gasteiger partial charge in [-0.05, 0) is 38.0 Å². The Morgan fingerprint density at radius 3 is 2.46 bits per heavy atom. The molecule has 1 saturated carbocycles. The van der Waals surface area contributed by atoms with E-state index in [-0.39, 0.29) is 17.9 Å². The lowest BCUT2D eigenvalue weighted by Crippen LogP contribution is -2.54. The number of piperazine rings is 1. The molecule has 26 heavy (non-hydrogen) atoms. The van der Waals surface area contributed by atoms with Crippen molar-refractivity contribution in [3.8, 4) is 0 Å². The van der Waals surface area contributed by atoms with Gasteiger partial charge in [0.1, 0.15) is 0 Å². The summed E-state index contributed by atoms with van der Waals surface area (Å²) in [4.78, 5) is 28.6. The van der Waals surface area contributed by atoms with E-state index >= 15 is 0 Å². The number of carbonyl (C=O) groups is 2. The quantitative estimate of drug-likeness (QED) is 0.770. The lowest BCUT2D eigenvalue weighted by molar-refractivity contribution is -0.124. The van der Waals surface area contributed by atoms with E-state index in [1.54, 1.807) is 18.2 Å². The summed E-state index contributed by atoms with van der Waals surface area (Å²) in [7, 11) is 0. The fourth-order valence-electron chi connectivity index (χ4n) is 3.00. The Bertz CT molecular complexity index is 673. The van der Waals surface area contributed by atoms with Crippen molar-refractivity contribution in [1.82, 2.24) is 15.1 Å². The van der Waals surface area contributed by atoms with E-state index in [1.165, 1.54) is 0 Å². The second-order valence-electron chi connectivity index (χ2n) is 6.95. The molecule has 2 amide bonds. The van der Waals surface area contributed by atoms with Gasteiger partial charge < -0.3 is 10.6 Å². The molecule has 8 heteroatoms. The number of nitrogens with one attached hydrogen (secondary N) is 2. The van der Waals surface area contributed by atoms with Crippen molar-refractivity contribution in [3.63, 3.8) is 0 Å². The molecule has 6 nitrogen and oxygen atoms in total. The predicted octanol–water partition coefficient (Wildman–Crippen LogP) is 2.22. The van der Waals surface area contributed by atoms with E-state index < -0.39 is 0 Å². The zero-order valence-electron chi connectivity index (χ0n) is 14.8. The van der Waals surface area contributed by atoms with Crippen LogP contribution in [0.3, 0.4) is 0 Å². The molecule has 1 heterocycles. The van der Waals surface area contributed by atoms with Crippen molar-refractivity contribution in [1.29, 1.82) is 0 Å². The molecule has 0 radical (unpaired) electrons. The molecule has 0 spiro atoms. The smallest absolute Gasteiger partial charge is 0.241 e. The van der Waals surface area contributed by atoms with Crippen LogP contribution in [0.5, 0.6) is 0 Å². The number of rotatable bonds is 6. The van der Waals surface area contributed by atoms with Crippen molar-refractivity contribution in [2.24, 2.45) is 0 Å². The summed E-state index contributed by atoms with van der Waals surface area (Å²) in [5.41, 5.74) is 0.631. The van der Waals surface area contributed by atoms with Gasteiger partial charge in [-0.25, -0.2) is 0 Å². The van der Waals surface area contributed by atoms with E-state index in [0.717, 1.165) is 39.0 Å². The first-order valence-corrected chi connectivity index (χ1v) is 9.69. The minimum Gasteiger partial charge on any atom is -0.352 e. The molecule has 2 N–H and O–H groups in total. The van der Waals surface area contributed by atoms with E-state index in [4.69, 9.17) is 23.2 Å². The lowest BCUT2D eigenvalue weighted by atomic mass is 10.2. The zero-order valence-corrected chi connectivity index (χ0v) is 16.3. The Balaban J connectivity index is 1.44. The molecule has 3 rings (SSSR count). The number of benzene rings is 1. The molecule has 0 aromatic heterocycles. The summed E-state index contributed by atoms with van der Waals surface area (Å²) in [5.74, 6) is 0.0228. The van der Waals surface area contributed by atoms with Crippen molar-refractivity contribution in [3.05, 3.63) is 28.2 Å². The first-order chi connectivity index (χ1) is 12.4. The van der Waals surface area contributed by atoms with Crippen molar-refractivity contribution in [2.45, 2.75) is 31.8 Å². The van der Waals surface area contributed by atoms with Crippen LogP contribution in [-0.4, -0.2) is 66.4 Å². The second kappa shape index (κ2) is 8.57. The molecular formula is C18H24Cl2N4O2. The van der Waals surface area contributed by atoms with Gasteiger partial charge in [0.2, 0.25) is 11.8 Å². The maximum absolute atomic E-state index is 12.5. The second-order valence-corrected chi connectivity index (χ2v) is 7.76. The monoisotopic (exact) mass is 398 g/mol. The molecule has 1 saturated heterocycles. The summed E-state index contributed by atoms with van der Waals surface area (Å²) in [6, 6.07) is 5.18. The minimum atomic E-state index is -0.258. The van der Waals surface area contributed by atoms with Crippen LogP contribution in [-0.2, 0) is 9.59 Å². The lowest BCUT2D eigenvalue weighted by Gasteiger charge is -2.37. The SMILES string of the molecule is CC(C(=O)Nc1ccc(Cl)c(Cl)c1)N1CCN(CC(=O)NC2CC2)CC1. The van der Waals surface area contributed by atoms with Crippen LogP contribution < -0.4 is 10.6 Å². The van der Waals surface area contributed by atoms with E-state index in [9.17, 15) is 9.59 Å². The number of nitrogens with zero attached hydrogens (tertiary/aromatic N) is 2. The van der Waals surface area contributed by atoms with Gasteiger partial charge in [0.15, 0.2) is 0 Å². The first kappa shape index (κ1) is 19.4. The largest absolute Gasteiger partial charge is 0.352 e. The zero-order chi connectivity index (χ0) is 18.7. The van der Waals surface area contributed by atoms with E-state index in [1.807, 2.05) is 6.92 Å². The van der Waals surface area contributed by atoms with E-state index in [0.29, 0.717) is 28.3 Å². The topological polar surface area (TPSA) is 64.7 Å².